The number of rotatable bonds is 5. The van der Waals surface area contributed by atoms with Gasteiger partial charge in [0, 0.05) is 35.1 Å². The van der Waals surface area contributed by atoms with Crippen molar-refractivity contribution in [3.8, 4) is 11.4 Å². The van der Waals surface area contributed by atoms with Crippen molar-refractivity contribution in [2.24, 2.45) is 0 Å². The highest BCUT2D eigenvalue weighted by molar-refractivity contribution is 6.30. The zero-order chi connectivity index (χ0) is 17.1. The summed E-state index contributed by atoms with van der Waals surface area (Å²) < 4.78 is 1.81. The second kappa shape index (κ2) is 6.82. The number of hydrogen-bond acceptors (Lipinski definition) is 4. The zero-order valence-electron chi connectivity index (χ0n) is 12.5. The molecule has 2 aromatic carbocycles. The molecule has 1 aromatic heterocycles. The van der Waals surface area contributed by atoms with Crippen molar-refractivity contribution < 1.29 is 10.0 Å². The molecule has 3 aromatic rings. The lowest BCUT2D eigenvalue weighted by atomic mass is 10.1. The van der Waals surface area contributed by atoms with E-state index in [1.807, 2.05) is 0 Å². The molecule has 1 atom stereocenters. The summed E-state index contributed by atoms with van der Waals surface area (Å²) in [7, 11) is 0. The second-order valence-corrected chi connectivity index (χ2v) is 5.71. The summed E-state index contributed by atoms with van der Waals surface area (Å²) in [6.45, 7) is 0.313. The van der Waals surface area contributed by atoms with E-state index < -0.39 is 11.0 Å². The quantitative estimate of drug-likeness (QED) is 0.563. The maximum absolute atomic E-state index is 10.7. The fraction of sp³-hybridized carbons (Fsp3) is 0.118. The molecular weight excluding hydrogens is 330 g/mol. The first-order valence-corrected chi connectivity index (χ1v) is 7.62. The number of hydrogen-bond donors (Lipinski definition) is 1. The van der Waals surface area contributed by atoms with E-state index in [2.05, 4.69) is 4.98 Å². The number of non-ortho nitro benzene ring substituents is 1. The molecule has 0 fully saturated rings. The third-order valence-electron chi connectivity index (χ3n) is 3.68. The SMILES string of the molecule is O=[N+]([O-])c1ccc(-c2nccn2CC(O)c2ccc(Cl)cc2)cc1. The Labute approximate surface area is 143 Å². The molecule has 122 valence electrons. The van der Waals surface area contributed by atoms with Crippen molar-refractivity contribution in [1.29, 1.82) is 0 Å². The Hall–Kier alpha value is -2.70. The van der Waals surface area contributed by atoms with E-state index in [1.165, 1.54) is 12.1 Å². The van der Waals surface area contributed by atoms with Crippen molar-refractivity contribution in [2.75, 3.05) is 0 Å². The molecule has 0 aliphatic carbocycles. The minimum atomic E-state index is -0.715. The van der Waals surface area contributed by atoms with Crippen LogP contribution in [0.25, 0.3) is 11.4 Å². The van der Waals surface area contributed by atoms with E-state index in [0.29, 0.717) is 17.4 Å². The van der Waals surface area contributed by atoms with Gasteiger partial charge in [-0.1, -0.05) is 23.7 Å². The molecule has 0 bridgehead atoms. The van der Waals surface area contributed by atoms with Crippen molar-refractivity contribution in [1.82, 2.24) is 9.55 Å². The fourth-order valence-corrected chi connectivity index (χ4v) is 2.55. The Morgan fingerprint density at radius 3 is 2.46 bits per heavy atom. The number of nitro benzene ring substituents is 1. The Balaban J connectivity index is 1.82. The average Bonchev–Trinajstić information content (AvgIpc) is 3.03. The van der Waals surface area contributed by atoms with E-state index >= 15 is 0 Å². The van der Waals surface area contributed by atoms with Gasteiger partial charge in [-0.2, -0.15) is 0 Å². The Morgan fingerprint density at radius 2 is 1.83 bits per heavy atom. The van der Waals surface area contributed by atoms with Crippen molar-refractivity contribution >= 4 is 17.3 Å². The average molecular weight is 344 g/mol. The molecule has 0 amide bonds. The van der Waals surface area contributed by atoms with Gasteiger partial charge in [-0.25, -0.2) is 4.98 Å². The first kappa shape index (κ1) is 16.2. The number of aliphatic hydroxyl groups excluding tert-OH is 1. The topological polar surface area (TPSA) is 81.2 Å². The normalized spacial score (nSPS) is 12.1. The highest BCUT2D eigenvalue weighted by Gasteiger charge is 2.13. The predicted octanol–water partition coefficient (Wildman–Crippen LogP) is 3.85. The summed E-state index contributed by atoms with van der Waals surface area (Å²) in [5.41, 5.74) is 1.52. The van der Waals surface area contributed by atoms with E-state index in [1.54, 1.807) is 53.4 Å². The van der Waals surface area contributed by atoms with Crippen molar-refractivity contribution in [2.45, 2.75) is 12.6 Å². The van der Waals surface area contributed by atoms with Gasteiger partial charge in [-0.3, -0.25) is 10.1 Å². The van der Waals surface area contributed by atoms with Gasteiger partial charge < -0.3 is 9.67 Å². The number of nitrogens with zero attached hydrogens (tertiary/aromatic N) is 3. The molecule has 0 radical (unpaired) electrons. The summed E-state index contributed by atoms with van der Waals surface area (Å²) in [5.74, 6) is 0.637. The highest BCUT2D eigenvalue weighted by atomic mass is 35.5. The highest BCUT2D eigenvalue weighted by Crippen LogP contribution is 2.24. The Kier molecular flexibility index (Phi) is 4.59. The molecule has 0 saturated heterocycles. The maximum Gasteiger partial charge on any atom is 0.269 e. The molecule has 0 spiro atoms. The molecule has 1 heterocycles. The smallest absolute Gasteiger partial charge is 0.269 e. The number of nitro groups is 1. The second-order valence-electron chi connectivity index (χ2n) is 5.27. The monoisotopic (exact) mass is 343 g/mol. The summed E-state index contributed by atoms with van der Waals surface area (Å²) in [6.07, 6.45) is 2.68. The summed E-state index contributed by atoms with van der Waals surface area (Å²) in [5, 5.41) is 21.7. The first-order valence-electron chi connectivity index (χ1n) is 7.24. The van der Waals surface area contributed by atoms with Crippen LogP contribution in [0.4, 0.5) is 5.69 Å². The molecular formula is C17H14ClN3O3. The first-order chi connectivity index (χ1) is 11.5. The van der Waals surface area contributed by atoms with Gasteiger partial charge >= 0.3 is 0 Å². The Bertz CT molecular complexity index is 844. The van der Waals surface area contributed by atoms with Crippen LogP contribution in [0.2, 0.25) is 5.02 Å². The third-order valence-corrected chi connectivity index (χ3v) is 3.93. The van der Waals surface area contributed by atoms with Gasteiger partial charge in [-0.15, -0.1) is 0 Å². The molecule has 1 unspecified atom stereocenters. The van der Waals surface area contributed by atoms with Crippen LogP contribution in [-0.4, -0.2) is 19.6 Å². The van der Waals surface area contributed by atoms with Gasteiger partial charge in [-0.05, 0) is 29.8 Å². The largest absolute Gasteiger partial charge is 0.387 e. The number of benzene rings is 2. The molecule has 24 heavy (non-hydrogen) atoms. The van der Waals surface area contributed by atoms with Gasteiger partial charge in [0.25, 0.3) is 5.69 Å². The maximum atomic E-state index is 10.7. The van der Waals surface area contributed by atoms with Crippen LogP contribution >= 0.6 is 11.6 Å². The van der Waals surface area contributed by atoms with E-state index in [9.17, 15) is 15.2 Å². The van der Waals surface area contributed by atoms with Crippen LogP contribution in [0.1, 0.15) is 11.7 Å². The summed E-state index contributed by atoms with van der Waals surface area (Å²) >= 11 is 5.85. The summed E-state index contributed by atoms with van der Waals surface area (Å²) in [6, 6.07) is 13.2. The molecule has 7 heteroatoms. The minimum absolute atomic E-state index is 0.0260. The summed E-state index contributed by atoms with van der Waals surface area (Å²) in [4.78, 5) is 14.6. The minimum Gasteiger partial charge on any atom is -0.387 e. The van der Waals surface area contributed by atoms with E-state index in [-0.39, 0.29) is 5.69 Å². The lowest BCUT2D eigenvalue weighted by molar-refractivity contribution is -0.384. The lowest BCUT2D eigenvalue weighted by Gasteiger charge is -2.14. The van der Waals surface area contributed by atoms with Gasteiger partial charge in [0.1, 0.15) is 5.82 Å². The number of halogens is 1. The van der Waals surface area contributed by atoms with E-state index in [4.69, 9.17) is 11.6 Å². The van der Waals surface area contributed by atoms with Crippen LogP contribution in [0, 0.1) is 10.1 Å². The van der Waals surface area contributed by atoms with Crippen LogP contribution in [0.5, 0.6) is 0 Å². The molecule has 0 saturated carbocycles. The molecule has 6 nitrogen and oxygen atoms in total. The Morgan fingerprint density at radius 1 is 1.17 bits per heavy atom. The zero-order valence-corrected chi connectivity index (χ0v) is 13.3. The van der Waals surface area contributed by atoms with Crippen molar-refractivity contribution in [3.05, 3.63) is 81.6 Å². The van der Waals surface area contributed by atoms with Gasteiger partial charge in [0.2, 0.25) is 0 Å². The molecule has 0 aliphatic rings. The van der Waals surface area contributed by atoms with Crippen LogP contribution in [0.3, 0.4) is 0 Å². The van der Waals surface area contributed by atoms with E-state index in [0.717, 1.165) is 11.1 Å². The molecule has 3 rings (SSSR count). The van der Waals surface area contributed by atoms with Crippen LogP contribution in [0.15, 0.2) is 60.9 Å². The number of aromatic nitrogens is 2. The van der Waals surface area contributed by atoms with Crippen LogP contribution < -0.4 is 0 Å². The van der Waals surface area contributed by atoms with Crippen LogP contribution in [-0.2, 0) is 6.54 Å². The lowest BCUT2D eigenvalue weighted by Crippen LogP contribution is -2.09. The van der Waals surface area contributed by atoms with Gasteiger partial charge in [0.15, 0.2) is 0 Å². The number of aliphatic hydroxyl groups is 1. The third kappa shape index (κ3) is 3.45. The number of imidazole rings is 1. The molecule has 1 N–H and O–H groups in total. The predicted molar refractivity (Wildman–Crippen MR) is 90.7 cm³/mol. The fourth-order valence-electron chi connectivity index (χ4n) is 2.43. The molecule has 0 aliphatic heterocycles. The van der Waals surface area contributed by atoms with Gasteiger partial charge in [0.05, 0.1) is 17.6 Å². The standard InChI is InChI=1S/C17H14ClN3O3/c18-14-5-1-12(2-6-14)16(22)11-20-10-9-19-17(20)13-3-7-15(8-4-13)21(23)24/h1-10,16,22H,11H2. The van der Waals surface area contributed by atoms with Crippen molar-refractivity contribution in [3.63, 3.8) is 0 Å².